The van der Waals surface area contributed by atoms with Crippen LogP contribution in [0.15, 0.2) is 5.11 Å². The first-order valence-corrected chi connectivity index (χ1v) is 3.03. The first kappa shape index (κ1) is 6.39. The van der Waals surface area contributed by atoms with Crippen LogP contribution in [0.4, 0.5) is 0 Å². The van der Waals surface area contributed by atoms with Crippen molar-refractivity contribution >= 4 is 0 Å². The van der Waals surface area contributed by atoms with Crippen molar-refractivity contribution in [1.82, 2.24) is 0 Å². The van der Waals surface area contributed by atoms with E-state index in [1.54, 1.807) is 0 Å². The van der Waals surface area contributed by atoms with Crippen LogP contribution >= 0.6 is 0 Å². The quantitative estimate of drug-likeness (QED) is 0.344. The third-order valence-corrected chi connectivity index (χ3v) is 1.50. The van der Waals surface area contributed by atoms with Gasteiger partial charge in [0.1, 0.15) is 0 Å². The molecule has 0 aliphatic heterocycles. The molecule has 0 bridgehead atoms. The molecule has 0 radical (unpaired) electrons. The van der Waals surface area contributed by atoms with Gasteiger partial charge >= 0.3 is 0 Å². The van der Waals surface area contributed by atoms with Crippen LogP contribution in [-0.2, 0) is 0 Å². The van der Waals surface area contributed by atoms with Crippen molar-refractivity contribution in [3.05, 3.63) is 10.4 Å². The lowest BCUT2D eigenvalue weighted by atomic mass is 10.2. The van der Waals surface area contributed by atoms with Gasteiger partial charge in [-0.05, 0) is 24.3 Å². The van der Waals surface area contributed by atoms with Crippen LogP contribution in [-0.4, -0.2) is 17.8 Å². The van der Waals surface area contributed by atoms with Crippen LogP contribution in [0, 0.1) is 5.92 Å². The molecule has 0 aromatic rings. The Morgan fingerprint density at radius 1 is 1.78 bits per heavy atom. The molecule has 0 aromatic heterocycles. The Morgan fingerprint density at radius 3 is 2.89 bits per heavy atom. The Labute approximate surface area is 53.1 Å². The highest BCUT2D eigenvalue weighted by Gasteiger charge is 2.28. The van der Waals surface area contributed by atoms with Crippen LogP contribution in [0.3, 0.4) is 0 Å². The summed E-state index contributed by atoms with van der Waals surface area (Å²) < 4.78 is 0. The molecule has 1 saturated carbocycles. The van der Waals surface area contributed by atoms with Gasteiger partial charge in [0.2, 0.25) is 0 Å². The Bertz CT molecular complexity index is 137. The molecule has 4 nitrogen and oxygen atoms in total. The minimum Gasteiger partial charge on any atom is -0.393 e. The zero-order valence-electron chi connectivity index (χ0n) is 5.06. The van der Waals surface area contributed by atoms with E-state index < -0.39 is 0 Å². The summed E-state index contributed by atoms with van der Waals surface area (Å²) in [6, 6.07) is 0. The molecule has 0 unspecified atom stereocenters. The SMILES string of the molecule is [N-]=[N+]=NC[C@H](O)C1CC1. The average Bonchev–Trinajstić information content (AvgIpc) is 2.63. The van der Waals surface area contributed by atoms with Crippen LogP contribution < -0.4 is 0 Å². The molecular formula is C5H9N3O. The molecule has 0 aromatic carbocycles. The molecule has 1 rings (SSSR count). The molecule has 0 saturated heterocycles. The summed E-state index contributed by atoms with van der Waals surface area (Å²) in [5.41, 5.74) is 7.86. The molecule has 0 amide bonds. The Hall–Kier alpha value is -0.730. The molecule has 0 spiro atoms. The first-order valence-electron chi connectivity index (χ1n) is 3.03. The predicted octanol–water partition coefficient (Wildman–Crippen LogP) is 1.07. The summed E-state index contributed by atoms with van der Waals surface area (Å²) in [4.78, 5) is 2.55. The molecule has 9 heavy (non-hydrogen) atoms. The zero-order chi connectivity index (χ0) is 6.69. The average molecular weight is 127 g/mol. The fourth-order valence-electron chi connectivity index (χ4n) is 0.750. The summed E-state index contributed by atoms with van der Waals surface area (Å²) in [5.74, 6) is 0.412. The van der Waals surface area contributed by atoms with Crippen LogP contribution in [0.5, 0.6) is 0 Å². The molecule has 4 heteroatoms. The maximum absolute atomic E-state index is 9.06. The highest BCUT2D eigenvalue weighted by molar-refractivity contribution is 4.81. The highest BCUT2D eigenvalue weighted by Crippen LogP contribution is 2.32. The second-order valence-electron chi connectivity index (χ2n) is 2.32. The Balaban J connectivity index is 2.17. The molecule has 1 aliphatic carbocycles. The number of hydrogen-bond donors (Lipinski definition) is 1. The van der Waals surface area contributed by atoms with E-state index >= 15 is 0 Å². The van der Waals surface area contributed by atoms with Crippen LogP contribution in [0.1, 0.15) is 12.8 Å². The van der Waals surface area contributed by atoms with Crippen molar-refractivity contribution in [2.75, 3.05) is 6.54 Å². The van der Waals surface area contributed by atoms with Crippen molar-refractivity contribution in [3.63, 3.8) is 0 Å². The van der Waals surface area contributed by atoms with Crippen LogP contribution in [0.25, 0.3) is 10.4 Å². The van der Waals surface area contributed by atoms with Gasteiger partial charge in [-0.15, -0.1) is 0 Å². The third-order valence-electron chi connectivity index (χ3n) is 1.50. The lowest BCUT2D eigenvalue weighted by molar-refractivity contribution is 0.160. The summed E-state index contributed by atoms with van der Waals surface area (Å²) in [6.07, 6.45) is 1.78. The molecule has 1 fully saturated rings. The van der Waals surface area contributed by atoms with E-state index in [-0.39, 0.29) is 12.6 Å². The number of hydrogen-bond acceptors (Lipinski definition) is 2. The predicted molar refractivity (Wildman–Crippen MR) is 32.7 cm³/mol. The van der Waals surface area contributed by atoms with Crippen molar-refractivity contribution in [2.24, 2.45) is 11.0 Å². The fourth-order valence-corrected chi connectivity index (χ4v) is 0.750. The van der Waals surface area contributed by atoms with E-state index in [1.165, 1.54) is 0 Å². The molecule has 50 valence electrons. The van der Waals surface area contributed by atoms with E-state index in [9.17, 15) is 0 Å². The number of nitrogens with zero attached hydrogens (tertiary/aromatic N) is 3. The first-order chi connectivity index (χ1) is 4.34. The monoisotopic (exact) mass is 127 g/mol. The minimum absolute atomic E-state index is 0.237. The minimum atomic E-state index is -0.388. The maximum atomic E-state index is 9.06. The summed E-state index contributed by atoms with van der Waals surface area (Å²) in [7, 11) is 0. The Morgan fingerprint density at radius 2 is 2.44 bits per heavy atom. The fraction of sp³-hybridized carbons (Fsp3) is 1.00. The van der Waals surface area contributed by atoms with Gasteiger partial charge in [-0.1, -0.05) is 5.11 Å². The van der Waals surface area contributed by atoms with Gasteiger partial charge in [-0.2, -0.15) is 0 Å². The molecule has 1 aliphatic rings. The normalized spacial score (nSPS) is 20.6. The van der Waals surface area contributed by atoms with Gasteiger partial charge in [-0.3, -0.25) is 0 Å². The van der Waals surface area contributed by atoms with Crippen molar-refractivity contribution in [2.45, 2.75) is 18.9 Å². The van der Waals surface area contributed by atoms with E-state index in [0.29, 0.717) is 5.92 Å². The van der Waals surface area contributed by atoms with E-state index in [4.69, 9.17) is 10.6 Å². The second kappa shape index (κ2) is 2.71. The van der Waals surface area contributed by atoms with Gasteiger partial charge in [0, 0.05) is 4.91 Å². The van der Waals surface area contributed by atoms with E-state index in [1.807, 2.05) is 0 Å². The van der Waals surface area contributed by atoms with E-state index in [0.717, 1.165) is 12.8 Å². The Kier molecular flexibility index (Phi) is 1.92. The van der Waals surface area contributed by atoms with Gasteiger partial charge < -0.3 is 5.11 Å². The molecule has 1 atom stereocenters. The smallest absolute Gasteiger partial charge is 0.0624 e. The summed E-state index contributed by atoms with van der Waals surface area (Å²) >= 11 is 0. The van der Waals surface area contributed by atoms with Gasteiger partial charge in [0.25, 0.3) is 0 Å². The maximum Gasteiger partial charge on any atom is 0.0624 e. The van der Waals surface area contributed by atoms with Crippen molar-refractivity contribution in [1.29, 1.82) is 0 Å². The third kappa shape index (κ3) is 1.91. The molecular weight excluding hydrogens is 118 g/mol. The lowest BCUT2D eigenvalue weighted by Crippen LogP contribution is -2.12. The number of aliphatic hydroxyl groups is 1. The number of azide groups is 1. The number of aliphatic hydroxyl groups excluding tert-OH is 1. The molecule has 0 heterocycles. The summed E-state index contributed by atoms with van der Waals surface area (Å²) in [5, 5.41) is 12.3. The highest BCUT2D eigenvalue weighted by atomic mass is 16.3. The van der Waals surface area contributed by atoms with E-state index in [2.05, 4.69) is 10.0 Å². The van der Waals surface area contributed by atoms with Crippen molar-refractivity contribution < 1.29 is 5.11 Å². The van der Waals surface area contributed by atoms with Crippen LogP contribution in [0.2, 0.25) is 0 Å². The summed E-state index contributed by atoms with van der Waals surface area (Å²) in [6.45, 7) is 0.237. The largest absolute Gasteiger partial charge is 0.393 e. The standard InChI is InChI=1S/C5H9N3O/c6-8-7-3-5(9)4-1-2-4/h4-5,9H,1-3H2/t5-/m0/s1. The van der Waals surface area contributed by atoms with Gasteiger partial charge in [0.05, 0.1) is 12.6 Å². The molecule has 1 N–H and O–H groups in total. The lowest BCUT2D eigenvalue weighted by Gasteiger charge is -2.01. The second-order valence-corrected chi connectivity index (χ2v) is 2.32. The van der Waals surface area contributed by atoms with Crippen molar-refractivity contribution in [3.8, 4) is 0 Å². The van der Waals surface area contributed by atoms with Gasteiger partial charge in [-0.25, -0.2) is 0 Å². The van der Waals surface area contributed by atoms with Gasteiger partial charge in [0.15, 0.2) is 0 Å². The topological polar surface area (TPSA) is 69.0 Å². The zero-order valence-corrected chi connectivity index (χ0v) is 5.06. The number of rotatable bonds is 3.